The summed E-state index contributed by atoms with van der Waals surface area (Å²) >= 11 is 0. The first kappa shape index (κ1) is 18.2. The number of benzene rings is 2. The summed E-state index contributed by atoms with van der Waals surface area (Å²) in [5.41, 5.74) is 2.19. The summed E-state index contributed by atoms with van der Waals surface area (Å²) in [4.78, 5) is 0.000669. The summed E-state index contributed by atoms with van der Waals surface area (Å²) in [6.45, 7) is 2.50. The van der Waals surface area contributed by atoms with E-state index in [2.05, 4.69) is 12.1 Å². The summed E-state index contributed by atoms with van der Waals surface area (Å²) in [5.74, 6) is 0.188. The van der Waals surface area contributed by atoms with Gasteiger partial charge < -0.3 is 9.26 Å². The maximum atomic E-state index is 12.1. The first-order valence-corrected chi connectivity index (χ1v) is 9.87. The molecule has 6 nitrogen and oxygen atoms in total. The Morgan fingerprint density at radius 2 is 1.77 bits per heavy atom. The second-order valence-electron chi connectivity index (χ2n) is 5.80. The Morgan fingerprint density at radius 1 is 1.08 bits per heavy atom. The lowest BCUT2D eigenvalue weighted by atomic mass is 10.0. The van der Waals surface area contributed by atoms with Crippen LogP contribution in [0.2, 0.25) is 0 Å². The zero-order chi connectivity index (χ0) is 18.6. The molecule has 0 saturated heterocycles. The molecule has 0 spiro atoms. The van der Waals surface area contributed by atoms with Crippen LogP contribution >= 0.6 is 0 Å². The van der Waals surface area contributed by atoms with Gasteiger partial charge in [0.2, 0.25) is 10.0 Å². The van der Waals surface area contributed by atoms with Gasteiger partial charge in [-0.2, -0.15) is 0 Å². The molecule has 0 aliphatic heterocycles. The van der Waals surface area contributed by atoms with Crippen LogP contribution in [-0.2, 0) is 10.0 Å². The van der Waals surface area contributed by atoms with Gasteiger partial charge in [0, 0.05) is 11.1 Å². The molecule has 0 fully saturated rings. The summed E-state index contributed by atoms with van der Waals surface area (Å²) in [7, 11) is -3.93. The number of ether oxygens (including phenoxy) is 1. The normalized spacial score (nSPS) is 11.5. The average Bonchev–Trinajstić information content (AvgIpc) is 3.06. The predicted molar refractivity (Wildman–Crippen MR) is 99.2 cm³/mol. The smallest absolute Gasteiger partial charge is 0.319 e. The lowest BCUT2D eigenvalue weighted by Gasteiger charge is -2.10. The van der Waals surface area contributed by atoms with Crippen LogP contribution in [0.25, 0.3) is 22.4 Å². The van der Waals surface area contributed by atoms with Crippen LogP contribution in [-0.4, -0.2) is 20.2 Å². The maximum Gasteiger partial charge on any atom is 0.319 e. The molecule has 0 atom stereocenters. The molecule has 0 unspecified atom stereocenters. The number of primary sulfonamides is 1. The Labute approximate surface area is 152 Å². The van der Waals surface area contributed by atoms with E-state index in [0.29, 0.717) is 23.4 Å². The van der Waals surface area contributed by atoms with Gasteiger partial charge in [0.25, 0.3) is 0 Å². The average molecular weight is 372 g/mol. The molecule has 2 aromatic carbocycles. The van der Waals surface area contributed by atoms with E-state index >= 15 is 0 Å². The summed E-state index contributed by atoms with van der Waals surface area (Å²) in [6, 6.07) is 15.9. The van der Waals surface area contributed by atoms with Crippen molar-refractivity contribution in [2.75, 3.05) is 6.61 Å². The SMILES string of the molecule is CCCCOc1onc(-c2ccccc2)c1-c1ccccc1S(N)(=O)=O. The molecule has 0 amide bonds. The van der Waals surface area contributed by atoms with Crippen LogP contribution in [0.4, 0.5) is 0 Å². The Morgan fingerprint density at radius 3 is 2.46 bits per heavy atom. The molecule has 1 heterocycles. The van der Waals surface area contributed by atoms with Gasteiger partial charge in [0.05, 0.1) is 17.1 Å². The van der Waals surface area contributed by atoms with E-state index in [9.17, 15) is 8.42 Å². The van der Waals surface area contributed by atoms with Crippen molar-refractivity contribution < 1.29 is 17.7 Å². The summed E-state index contributed by atoms with van der Waals surface area (Å²) in [6.07, 6.45) is 1.81. The third kappa shape index (κ3) is 3.79. The van der Waals surface area contributed by atoms with Gasteiger partial charge in [0.1, 0.15) is 5.69 Å². The number of unbranched alkanes of at least 4 members (excludes halogenated alkanes) is 1. The lowest BCUT2D eigenvalue weighted by Crippen LogP contribution is -2.13. The highest BCUT2D eigenvalue weighted by atomic mass is 32.2. The predicted octanol–water partition coefficient (Wildman–Crippen LogP) is 3.83. The molecule has 0 aliphatic carbocycles. The van der Waals surface area contributed by atoms with E-state index < -0.39 is 10.0 Å². The Hall–Kier alpha value is -2.64. The molecule has 0 radical (unpaired) electrons. The lowest BCUT2D eigenvalue weighted by molar-refractivity contribution is 0.212. The minimum absolute atomic E-state index is 0.000669. The fraction of sp³-hybridized carbons (Fsp3) is 0.211. The molecule has 7 heteroatoms. The zero-order valence-electron chi connectivity index (χ0n) is 14.4. The largest absolute Gasteiger partial charge is 0.463 e. The second-order valence-corrected chi connectivity index (χ2v) is 7.33. The summed E-state index contributed by atoms with van der Waals surface area (Å²) in [5, 5.41) is 9.53. The van der Waals surface area contributed by atoms with Crippen molar-refractivity contribution in [2.45, 2.75) is 24.7 Å². The quantitative estimate of drug-likeness (QED) is 0.636. The van der Waals surface area contributed by atoms with Crippen molar-refractivity contribution in [3.05, 3.63) is 54.6 Å². The molecule has 3 rings (SSSR count). The van der Waals surface area contributed by atoms with Crippen molar-refractivity contribution in [1.82, 2.24) is 5.16 Å². The van der Waals surface area contributed by atoms with Crippen LogP contribution in [0.15, 0.2) is 64.0 Å². The number of aromatic nitrogens is 1. The molecule has 0 saturated carbocycles. The van der Waals surface area contributed by atoms with E-state index in [1.807, 2.05) is 30.3 Å². The first-order valence-electron chi connectivity index (χ1n) is 8.32. The molecular weight excluding hydrogens is 352 g/mol. The van der Waals surface area contributed by atoms with Crippen LogP contribution in [0.1, 0.15) is 19.8 Å². The maximum absolute atomic E-state index is 12.1. The van der Waals surface area contributed by atoms with Crippen molar-refractivity contribution in [1.29, 1.82) is 0 Å². The van der Waals surface area contributed by atoms with Crippen LogP contribution < -0.4 is 9.88 Å². The first-order chi connectivity index (χ1) is 12.5. The Bertz CT molecular complexity index is 982. The number of rotatable bonds is 7. The van der Waals surface area contributed by atoms with Gasteiger partial charge in [0.15, 0.2) is 0 Å². The topological polar surface area (TPSA) is 95.4 Å². The van der Waals surface area contributed by atoms with Gasteiger partial charge >= 0.3 is 5.95 Å². The van der Waals surface area contributed by atoms with Crippen molar-refractivity contribution in [3.8, 4) is 28.3 Å². The monoisotopic (exact) mass is 372 g/mol. The highest BCUT2D eigenvalue weighted by molar-refractivity contribution is 7.89. The minimum Gasteiger partial charge on any atom is -0.463 e. The van der Waals surface area contributed by atoms with Gasteiger partial charge in [-0.25, -0.2) is 13.6 Å². The fourth-order valence-electron chi connectivity index (χ4n) is 2.63. The highest BCUT2D eigenvalue weighted by Crippen LogP contribution is 2.41. The molecule has 0 bridgehead atoms. The fourth-order valence-corrected chi connectivity index (χ4v) is 3.38. The number of sulfonamides is 1. The minimum atomic E-state index is -3.93. The second kappa shape index (κ2) is 7.72. The van der Waals surface area contributed by atoms with Gasteiger partial charge in [-0.15, -0.1) is 0 Å². The standard InChI is InChI=1S/C19H20N2O4S/c1-2-3-13-24-19-17(15-11-7-8-12-16(15)26(20,22)23)18(21-25-19)14-9-5-4-6-10-14/h4-12H,2-3,13H2,1H3,(H2,20,22,23). The van der Waals surface area contributed by atoms with Crippen molar-refractivity contribution in [2.24, 2.45) is 5.14 Å². The van der Waals surface area contributed by atoms with E-state index in [1.165, 1.54) is 6.07 Å². The van der Waals surface area contributed by atoms with Gasteiger partial charge in [-0.1, -0.05) is 67.0 Å². The van der Waals surface area contributed by atoms with E-state index in [-0.39, 0.29) is 10.8 Å². The van der Waals surface area contributed by atoms with E-state index in [0.717, 1.165) is 18.4 Å². The van der Waals surface area contributed by atoms with Gasteiger partial charge in [-0.3, -0.25) is 0 Å². The molecule has 136 valence electrons. The Balaban J connectivity index is 2.20. The highest BCUT2D eigenvalue weighted by Gasteiger charge is 2.25. The molecular formula is C19H20N2O4S. The van der Waals surface area contributed by atoms with E-state index in [4.69, 9.17) is 14.4 Å². The van der Waals surface area contributed by atoms with Gasteiger partial charge in [-0.05, 0) is 12.5 Å². The molecule has 1 aromatic heterocycles. The Kier molecular flexibility index (Phi) is 5.39. The van der Waals surface area contributed by atoms with Crippen LogP contribution in [0, 0.1) is 0 Å². The number of nitrogens with zero attached hydrogens (tertiary/aromatic N) is 1. The number of nitrogens with two attached hydrogens (primary N) is 1. The molecule has 3 aromatic rings. The molecule has 2 N–H and O–H groups in total. The summed E-state index contributed by atoms with van der Waals surface area (Å²) < 4.78 is 35.3. The third-order valence-corrected chi connectivity index (χ3v) is 4.87. The van der Waals surface area contributed by atoms with Crippen molar-refractivity contribution >= 4 is 10.0 Å². The van der Waals surface area contributed by atoms with Crippen LogP contribution in [0.3, 0.4) is 0 Å². The molecule has 0 aliphatic rings. The zero-order valence-corrected chi connectivity index (χ0v) is 15.2. The number of hydrogen-bond acceptors (Lipinski definition) is 5. The van der Waals surface area contributed by atoms with Crippen LogP contribution in [0.5, 0.6) is 5.95 Å². The van der Waals surface area contributed by atoms with Crippen molar-refractivity contribution in [3.63, 3.8) is 0 Å². The third-order valence-electron chi connectivity index (χ3n) is 3.90. The van der Waals surface area contributed by atoms with E-state index in [1.54, 1.807) is 18.2 Å². The molecule has 26 heavy (non-hydrogen) atoms. The number of hydrogen-bond donors (Lipinski definition) is 1.